The molecular formula is C27H33BrN4O3. The third-order valence-electron chi connectivity index (χ3n) is 5.49. The van der Waals surface area contributed by atoms with E-state index >= 15 is 0 Å². The van der Waals surface area contributed by atoms with E-state index in [0.717, 1.165) is 16.9 Å². The second-order valence-corrected chi connectivity index (χ2v) is 10.4. The summed E-state index contributed by atoms with van der Waals surface area (Å²) in [6.07, 6.45) is 0.620. The van der Waals surface area contributed by atoms with E-state index < -0.39 is 0 Å². The van der Waals surface area contributed by atoms with Gasteiger partial charge in [-0.05, 0) is 59.1 Å². The van der Waals surface area contributed by atoms with E-state index in [-0.39, 0.29) is 23.8 Å². The number of aryl methyl sites for hydroxylation is 1. The minimum atomic E-state index is -0.294. The van der Waals surface area contributed by atoms with E-state index in [4.69, 9.17) is 9.84 Å². The van der Waals surface area contributed by atoms with Crippen LogP contribution in [0.1, 0.15) is 48.8 Å². The molecule has 2 amide bonds. The summed E-state index contributed by atoms with van der Waals surface area (Å²) in [7, 11) is 1.62. The van der Waals surface area contributed by atoms with Crippen LogP contribution in [0.4, 0.5) is 5.82 Å². The number of rotatable bonds is 9. The number of amides is 2. The molecule has 3 aromatic rings. The number of nitrogens with one attached hydrogen (secondary N) is 1. The Hall–Kier alpha value is -2.97. The van der Waals surface area contributed by atoms with Crippen molar-refractivity contribution in [3.05, 3.63) is 75.9 Å². The van der Waals surface area contributed by atoms with E-state index in [1.54, 1.807) is 28.8 Å². The lowest BCUT2D eigenvalue weighted by atomic mass is 9.92. The van der Waals surface area contributed by atoms with Crippen LogP contribution in [0.3, 0.4) is 0 Å². The monoisotopic (exact) mass is 540 g/mol. The highest BCUT2D eigenvalue weighted by Gasteiger charge is 2.24. The van der Waals surface area contributed by atoms with Gasteiger partial charge in [0.1, 0.15) is 12.4 Å². The Morgan fingerprint density at radius 2 is 1.86 bits per heavy atom. The molecular weight excluding hydrogens is 508 g/mol. The summed E-state index contributed by atoms with van der Waals surface area (Å²) in [4.78, 5) is 28.0. The molecule has 0 fully saturated rings. The molecule has 1 N–H and O–H groups in total. The third kappa shape index (κ3) is 7.02. The first kappa shape index (κ1) is 26.6. The molecule has 0 bridgehead atoms. The summed E-state index contributed by atoms with van der Waals surface area (Å²) in [5.41, 5.74) is 3.12. The van der Waals surface area contributed by atoms with E-state index in [0.29, 0.717) is 35.4 Å². The minimum absolute atomic E-state index is 0.0896. The fraction of sp³-hybridized carbons (Fsp3) is 0.370. The standard InChI is InChI=1S/C27H33BrN4O3/c1-19-10-8-11-20(16-19)32-24(17-23(30-32)27(2,3)4)29-25(33)18-31(14-9-15-35-5)26(34)21-12-6-7-13-22(21)28/h6-8,10-13,16-17H,9,14-15,18H2,1-5H3,(H,29,33). The molecule has 186 valence electrons. The van der Waals surface area contributed by atoms with Crippen molar-refractivity contribution < 1.29 is 14.3 Å². The van der Waals surface area contributed by atoms with Gasteiger partial charge in [-0.2, -0.15) is 5.10 Å². The van der Waals surface area contributed by atoms with Gasteiger partial charge < -0.3 is 15.0 Å². The Labute approximate surface area is 215 Å². The molecule has 35 heavy (non-hydrogen) atoms. The van der Waals surface area contributed by atoms with Gasteiger partial charge in [0.05, 0.1) is 16.9 Å². The number of hydrogen-bond acceptors (Lipinski definition) is 4. The molecule has 0 aliphatic heterocycles. The molecule has 2 aromatic carbocycles. The molecule has 0 radical (unpaired) electrons. The van der Waals surface area contributed by atoms with Crippen LogP contribution >= 0.6 is 15.9 Å². The van der Waals surface area contributed by atoms with Crippen molar-refractivity contribution in [2.75, 3.05) is 32.1 Å². The summed E-state index contributed by atoms with van der Waals surface area (Å²) < 4.78 is 7.59. The summed E-state index contributed by atoms with van der Waals surface area (Å²) >= 11 is 3.45. The first-order valence-electron chi connectivity index (χ1n) is 11.6. The van der Waals surface area contributed by atoms with Crippen LogP contribution < -0.4 is 5.32 Å². The number of benzene rings is 2. The highest BCUT2D eigenvalue weighted by molar-refractivity contribution is 9.10. The maximum absolute atomic E-state index is 13.3. The molecule has 7 nitrogen and oxygen atoms in total. The Morgan fingerprint density at radius 3 is 2.51 bits per heavy atom. The first-order valence-corrected chi connectivity index (χ1v) is 12.4. The lowest BCUT2D eigenvalue weighted by Gasteiger charge is -2.23. The van der Waals surface area contributed by atoms with Crippen molar-refractivity contribution in [1.29, 1.82) is 0 Å². The Balaban J connectivity index is 1.86. The largest absolute Gasteiger partial charge is 0.385 e. The van der Waals surface area contributed by atoms with Gasteiger partial charge >= 0.3 is 0 Å². The van der Waals surface area contributed by atoms with Crippen LogP contribution in [0, 0.1) is 6.92 Å². The second-order valence-electron chi connectivity index (χ2n) is 9.52. The normalized spacial score (nSPS) is 11.4. The number of carbonyl (C=O) groups is 2. The minimum Gasteiger partial charge on any atom is -0.385 e. The lowest BCUT2D eigenvalue weighted by Crippen LogP contribution is -2.39. The van der Waals surface area contributed by atoms with Gasteiger partial charge in [-0.25, -0.2) is 4.68 Å². The van der Waals surface area contributed by atoms with Crippen LogP contribution in [-0.4, -0.2) is 53.3 Å². The number of aromatic nitrogens is 2. The number of anilines is 1. The molecule has 1 aromatic heterocycles. The van der Waals surface area contributed by atoms with Gasteiger partial charge in [-0.3, -0.25) is 9.59 Å². The van der Waals surface area contributed by atoms with Gasteiger partial charge in [-0.15, -0.1) is 0 Å². The Bertz CT molecular complexity index is 1180. The van der Waals surface area contributed by atoms with Gasteiger partial charge in [0.25, 0.3) is 5.91 Å². The van der Waals surface area contributed by atoms with Crippen molar-refractivity contribution in [2.24, 2.45) is 0 Å². The predicted octanol–water partition coefficient (Wildman–Crippen LogP) is 5.36. The summed E-state index contributed by atoms with van der Waals surface area (Å²) in [6, 6.07) is 17.1. The van der Waals surface area contributed by atoms with Crippen LogP contribution in [-0.2, 0) is 14.9 Å². The fourth-order valence-corrected chi connectivity index (χ4v) is 4.06. The highest BCUT2D eigenvalue weighted by atomic mass is 79.9. The SMILES string of the molecule is COCCCN(CC(=O)Nc1cc(C(C)(C)C)nn1-c1cccc(C)c1)C(=O)c1ccccc1Br. The molecule has 0 spiro atoms. The highest BCUT2D eigenvalue weighted by Crippen LogP contribution is 2.27. The van der Waals surface area contributed by atoms with Gasteiger partial charge in [0, 0.05) is 36.2 Å². The van der Waals surface area contributed by atoms with E-state index in [9.17, 15) is 9.59 Å². The molecule has 0 saturated carbocycles. The Kier molecular flexibility index (Phi) is 8.86. The number of hydrogen-bond donors (Lipinski definition) is 1. The molecule has 8 heteroatoms. The number of methoxy groups -OCH3 is 1. The van der Waals surface area contributed by atoms with Crippen molar-refractivity contribution in [3.8, 4) is 5.69 Å². The van der Waals surface area contributed by atoms with Crippen LogP contribution in [0.2, 0.25) is 0 Å². The lowest BCUT2D eigenvalue weighted by molar-refractivity contribution is -0.117. The van der Waals surface area contributed by atoms with Gasteiger partial charge in [-0.1, -0.05) is 45.0 Å². The predicted molar refractivity (Wildman–Crippen MR) is 142 cm³/mol. The molecule has 0 aliphatic rings. The van der Waals surface area contributed by atoms with Crippen LogP contribution in [0.15, 0.2) is 59.1 Å². The average molecular weight is 541 g/mol. The summed E-state index contributed by atoms with van der Waals surface area (Å²) in [5, 5.41) is 7.77. The van der Waals surface area contributed by atoms with Gasteiger partial charge in [0.15, 0.2) is 0 Å². The smallest absolute Gasteiger partial charge is 0.255 e. The zero-order valence-electron chi connectivity index (χ0n) is 21.0. The number of carbonyl (C=O) groups excluding carboxylic acids is 2. The summed E-state index contributed by atoms with van der Waals surface area (Å²) in [6.45, 7) is 9.05. The molecule has 1 heterocycles. The van der Waals surface area contributed by atoms with E-state index in [1.165, 1.54) is 0 Å². The topological polar surface area (TPSA) is 76.5 Å². The summed E-state index contributed by atoms with van der Waals surface area (Å²) in [5.74, 6) is 0.0547. The zero-order valence-corrected chi connectivity index (χ0v) is 22.6. The molecule has 0 saturated heterocycles. The van der Waals surface area contributed by atoms with Crippen molar-refractivity contribution in [2.45, 2.75) is 39.5 Å². The third-order valence-corrected chi connectivity index (χ3v) is 6.19. The maximum atomic E-state index is 13.3. The van der Waals surface area contributed by atoms with Crippen molar-refractivity contribution in [1.82, 2.24) is 14.7 Å². The Morgan fingerprint density at radius 1 is 1.11 bits per heavy atom. The average Bonchev–Trinajstić information content (AvgIpc) is 3.23. The van der Waals surface area contributed by atoms with E-state index in [2.05, 4.69) is 42.0 Å². The zero-order chi connectivity index (χ0) is 25.6. The van der Waals surface area contributed by atoms with Crippen molar-refractivity contribution in [3.63, 3.8) is 0 Å². The molecule has 0 unspecified atom stereocenters. The molecule has 0 atom stereocenters. The second kappa shape index (κ2) is 11.6. The van der Waals surface area contributed by atoms with Crippen LogP contribution in [0.5, 0.6) is 0 Å². The van der Waals surface area contributed by atoms with Crippen LogP contribution in [0.25, 0.3) is 5.69 Å². The molecule has 3 rings (SSSR count). The number of nitrogens with zero attached hydrogens (tertiary/aromatic N) is 3. The fourth-order valence-electron chi connectivity index (χ4n) is 3.61. The van der Waals surface area contributed by atoms with Gasteiger partial charge in [0.2, 0.25) is 5.91 Å². The quantitative estimate of drug-likeness (QED) is 0.370. The molecule has 0 aliphatic carbocycles. The van der Waals surface area contributed by atoms with E-state index in [1.807, 2.05) is 49.4 Å². The number of ether oxygens (including phenoxy) is 1. The number of halogens is 1. The maximum Gasteiger partial charge on any atom is 0.255 e. The first-order chi connectivity index (χ1) is 16.6. The van der Waals surface area contributed by atoms with Crippen molar-refractivity contribution >= 4 is 33.6 Å².